The van der Waals surface area contributed by atoms with Crippen molar-refractivity contribution in [3.8, 4) is 6.01 Å². The van der Waals surface area contributed by atoms with Gasteiger partial charge in [-0.15, -0.1) is 0 Å². The minimum Gasteiger partial charge on any atom is -0.458 e. The Kier molecular flexibility index (Phi) is 5.77. The minimum absolute atomic E-state index is 0.178. The zero-order valence-electron chi connectivity index (χ0n) is 13.0. The Morgan fingerprint density at radius 3 is 2.74 bits per heavy atom. The first-order valence-corrected chi connectivity index (χ1v) is 9.31. The maximum Gasteiger partial charge on any atom is 0.316 e. The molecule has 2 heterocycles. The van der Waals surface area contributed by atoms with Crippen LogP contribution in [-0.2, 0) is 14.8 Å². The van der Waals surface area contributed by atoms with Gasteiger partial charge in [-0.1, -0.05) is 11.6 Å². The molecule has 0 bridgehead atoms. The van der Waals surface area contributed by atoms with Gasteiger partial charge in [-0.3, -0.25) is 4.79 Å². The van der Waals surface area contributed by atoms with Crippen LogP contribution in [0.3, 0.4) is 0 Å². The van der Waals surface area contributed by atoms with Crippen LogP contribution in [0.2, 0.25) is 5.02 Å². The minimum atomic E-state index is -3.38. The third kappa shape index (κ3) is 5.29. The molecule has 1 aromatic heterocycles. The van der Waals surface area contributed by atoms with Gasteiger partial charge in [0.25, 0.3) is 0 Å². The second-order valence-corrected chi connectivity index (χ2v) is 7.95. The van der Waals surface area contributed by atoms with Crippen LogP contribution in [0.1, 0.15) is 12.8 Å². The van der Waals surface area contributed by atoms with E-state index >= 15 is 0 Å². The number of rotatable bonds is 5. The first-order chi connectivity index (χ1) is 10.8. The maximum absolute atomic E-state index is 12.2. The summed E-state index contributed by atoms with van der Waals surface area (Å²) in [6.45, 7) is 0.781. The molecule has 0 N–H and O–H groups in total. The monoisotopic (exact) mass is 362 g/mol. The van der Waals surface area contributed by atoms with Crippen molar-refractivity contribution in [1.82, 2.24) is 19.2 Å². The van der Waals surface area contributed by atoms with Gasteiger partial charge in [-0.05, 0) is 12.8 Å². The van der Waals surface area contributed by atoms with E-state index in [0.717, 1.165) is 23.4 Å². The topological polar surface area (TPSA) is 92.7 Å². The van der Waals surface area contributed by atoms with Crippen molar-refractivity contribution < 1.29 is 17.9 Å². The van der Waals surface area contributed by atoms with Gasteiger partial charge in [-0.2, -0.15) is 4.31 Å². The normalized spacial score (nSPS) is 19.0. The fraction of sp³-hybridized carbons (Fsp3) is 0.615. The van der Waals surface area contributed by atoms with Gasteiger partial charge in [0.15, 0.2) is 0 Å². The number of sulfonamides is 1. The van der Waals surface area contributed by atoms with E-state index < -0.39 is 10.0 Å². The molecule has 0 spiro atoms. The van der Waals surface area contributed by atoms with Crippen molar-refractivity contribution in [1.29, 1.82) is 0 Å². The van der Waals surface area contributed by atoms with Gasteiger partial charge < -0.3 is 9.64 Å². The number of hydrogen-bond acceptors (Lipinski definition) is 6. The number of piperidine rings is 1. The highest BCUT2D eigenvalue weighted by Gasteiger charge is 2.27. The first-order valence-electron chi connectivity index (χ1n) is 7.09. The number of nitrogens with zero attached hydrogens (tertiary/aromatic N) is 4. The molecule has 2 rings (SSSR count). The molecule has 1 aliphatic rings. The van der Waals surface area contributed by atoms with Crippen LogP contribution >= 0.6 is 11.6 Å². The number of carbonyl (C=O) groups excluding carboxylic acids is 1. The van der Waals surface area contributed by atoms with E-state index in [1.807, 2.05) is 0 Å². The Morgan fingerprint density at radius 2 is 2.13 bits per heavy atom. The molecule has 1 saturated heterocycles. The summed E-state index contributed by atoms with van der Waals surface area (Å²) in [7, 11) is -2.00. The Morgan fingerprint density at radius 1 is 1.48 bits per heavy atom. The quantitative estimate of drug-likeness (QED) is 0.752. The van der Waals surface area contributed by atoms with Crippen molar-refractivity contribution in [2.24, 2.45) is 0 Å². The number of halogens is 1. The van der Waals surface area contributed by atoms with Crippen molar-refractivity contribution in [3.05, 3.63) is 17.4 Å². The van der Waals surface area contributed by atoms with Gasteiger partial charge >= 0.3 is 6.01 Å². The summed E-state index contributed by atoms with van der Waals surface area (Å²) in [5.74, 6) is -0.247. The molecule has 10 heteroatoms. The molecule has 0 radical (unpaired) electrons. The predicted octanol–water partition coefficient (Wildman–Crippen LogP) is 0.391. The average molecular weight is 363 g/mol. The molecule has 0 saturated carbocycles. The highest BCUT2D eigenvalue weighted by atomic mass is 35.5. The zero-order valence-corrected chi connectivity index (χ0v) is 14.5. The molecule has 1 unspecified atom stereocenters. The third-order valence-corrected chi connectivity index (χ3v) is 4.98. The van der Waals surface area contributed by atoms with Crippen molar-refractivity contribution in [3.63, 3.8) is 0 Å². The van der Waals surface area contributed by atoms with E-state index in [9.17, 15) is 13.2 Å². The lowest BCUT2D eigenvalue weighted by Gasteiger charge is -2.33. The van der Waals surface area contributed by atoms with Crippen LogP contribution in [0.4, 0.5) is 0 Å². The second kappa shape index (κ2) is 7.41. The highest BCUT2D eigenvalue weighted by Crippen LogP contribution is 2.16. The smallest absolute Gasteiger partial charge is 0.316 e. The summed E-state index contributed by atoms with van der Waals surface area (Å²) >= 11 is 5.72. The summed E-state index contributed by atoms with van der Waals surface area (Å²) in [5, 5.41) is 0.418. The Hall–Kier alpha value is -1.45. The number of ether oxygens (including phenoxy) is 1. The van der Waals surface area contributed by atoms with Crippen LogP contribution in [0, 0.1) is 0 Å². The van der Waals surface area contributed by atoms with Crippen molar-refractivity contribution in [2.75, 3.05) is 32.9 Å². The summed E-state index contributed by atoms with van der Waals surface area (Å²) in [6, 6.07) is 0.210. The van der Waals surface area contributed by atoms with Gasteiger partial charge in [0.05, 0.1) is 36.8 Å². The van der Waals surface area contributed by atoms with Crippen LogP contribution < -0.4 is 4.74 Å². The van der Waals surface area contributed by atoms with Crippen LogP contribution in [0.15, 0.2) is 12.4 Å². The van der Waals surface area contributed by atoms with Gasteiger partial charge in [0, 0.05) is 13.6 Å². The number of likely N-dealkylation sites (N-methyl/N-ethyl adjacent to an activating group) is 1. The molecule has 0 aliphatic carbocycles. The number of carbonyl (C=O) groups is 1. The fourth-order valence-electron chi connectivity index (χ4n) is 2.18. The number of likely N-dealkylation sites (tertiary alicyclic amines) is 1. The van der Waals surface area contributed by atoms with E-state index in [0.29, 0.717) is 18.1 Å². The summed E-state index contributed by atoms with van der Waals surface area (Å²) in [5.41, 5.74) is 0. The van der Waals surface area contributed by atoms with Gasteiger partial charge in [0.2, 0.25) is 15.9 Å². The zero-order chi connectivity index (χ0) is 17.0. The van der Waals surface area contributed by atoms with Crippen molar-refractivity contribution in [2.45, 2.75) is 18.9 Å². The summed E-state index contributed by atoms with van der Waals surface area (Å²) < 4.78 is 29.5. The Labute approximate surface area is 140 Å². The van der Waals surface area contributed by atoms with Crippen molar-refractivity contribution >= 4 is 27.5 Å². The molecule has 1 amide bonds. The molecular weight excluding hydrogens is 344 g/mol. The molecule has 23 heavy (non-hydrogen) atoms. The van der Waals surface area contributed by atoms with E-state index in [4.69, 9.17) is 16.3 Å². The van der Waals surface area contributed by atoms with E-state index in [1.165, 1.54) is 19.4 Å². The predicted molar refractivity (Wildman–Crippen MR) is 84.7 cm³/mol. The SMILES string of the molecule is CN(CC(=O)N1CCCC(Oc2ncc(Cl)cn2)C1)S(C)(=O)=O. The van der Waals surface area contributed by atoms with E-state index in [2.05, 4.69) is 9.97 Å². The largest absolute Gasteiger partial charge is 0.458 e. The van der Waals surface area contributed by atoms with E-state index in [-0.39, 0.29) is 24.6 Å². The first kappa shape index (κ1) is 17.9. The molecule has 1 aromatic rings. The maximum atomic E-state index is 12.2. The number of hydrogen-bond donors (Lipinski definition) is 0. The van der Waals surface area contributed by atoms with E-state index in [1.54, 1.807) is 4.90 Å². The van der Waals surface area contributed by atoms with Crippen LogP contribution in [0.25, 0.3) is 0 Å². The lowest BCUT2D eigenvalue weighted by atomic mass is 10.1. The molecule has 1 atom stereocenters. The Balaban J connectivity index is 1.92. The van der Waals surface area contributed by atoms with Crippen LogP contribution in [-0.4, -0.2) is 72.5 Å². The highest BCUT2D eigenvalue weighted by molar-refractivity contribution is 7.88. The molecule has 1 aliphatic heterocycles. The lowest BCUT2D eigenvalue weighted by molar-refractivity contribution is -0.133. The Bertz CT molecular complexity index is 652. The molecule has 0 aromatic carbocycles. The summed E-state index contributed by atoms with van der Waals surface area (Å²) in [4.78, 5) is 21.7. The van der Waals surface area contributed by atoms with Gasteiger partial charge in [0.1, 0.15) is 6.10 Å². The van der Waals surface area contributed by atoms with Gasteiger partial charge in [-0.25, -0.2) is 18.4 Å². The molecular formula is C13H19ClN4O4S. The standard InChI is InChI=1S/C13H19ClN4O4S/c1-17(23(2,20)21)9-12(19)18-5-3-4-11(8-18)22-13-15-6-10(14)7-16-13/h6-7,11H,3-5,8-9H2,1-2H3. The number of amides is 1. The second-order valence-electron chi connectivity index (χ2n) is 5.42. The molecule has 1 fully saturated rings. The fourth-order valence-corrected chi connectivity index (χ4v) is 2.62. The molecule has 128 valence electrons. The lowest BCUT2D eigenvalue weighted by Crippen LogP contribution is -2.48. The van der Waals surface area contributed by atoms with Crippen LogP contribution in [0.5, 0.6) is 6.01 Å². The third-order valence-electron chi connectivity index (χ3n) is 3.52. The average Bonchev–Trinajstić information content (AvgIpc) is 2.49. The number of aromatic nitrogens is 2. The molecule has 8 nitrogen and oxygen atoms in total. The summed E-state index contributed by atoms with van der Waals surface area (Å²) in [6.07, 6.45) is 5.27.